The number of hydrogen-bond acceptors (Lipinski definition) is 4. The van der Waals surface area contributed by atoms with E-state index in [0.29, 0.717) is 36.0 Å². The molecule has 6 heteroatoms. The molecule has 1 atom stereocenters. The van der Waals surface area contributed by atoms with Crippen LogP contribution in [0.2, 0.25) is 0 Å². The molecular weight excluding hydrogens is 376 g/mol. The maximum absolute atomic E-state index is 12.7. The van der Waals surface area contributed by atoms with Gasteiger partial charge in [0.05, 0.1) is 11.7 Å². The van der Waals surface area contributed by atoms with Gasteiger partial charge in [-0.15, -0.1) is 0 Å². The third kappa shape index (κ3) is 5.20. The summed E-state index contributed by atoms with van der Waals surface area (Å²) in [5.74, 6) is 0.975. The van der Waals surface area contributed by atoms with Crippen LogP contribution in [0.5, 0.6) is 0 Å². The largest absolute Gasteiger partial charge is 0.349 e. The number of aromatic amines is 1. The Morgan fingerprint density at radius 1 is 1.10 bits per heavy atom. The van der Waals surface area contributed by atoms with Gasteiger partial charge in [0.15, 0.2) is 5.82 Å². The van der Waals surface area contributed by atoms with Gasteiger partial charge in [-0.1, -0.05) is 49.2 Å². The van der Waals surface area contributed by atoms with Crippen LogP contribution in [0.15, 0.2) is 65.6 Å². The van der Waals surface area contributed by atoms with Gasteiger partial charge in [0.2, 0.25) is 5.91 Å². The molecule has 1 fully saturated rings. The highest BCUT2D eigenvalue weighted by Crippen LogP contribution is 2.28. The van der Waals surface area contributed by atoms with Gasteiger partial charge >= 0.3 is 0 Å². The predicted molar refractivity (Wildman–Crippen MR) is 116 cm³/mol. The van der Waals surface area contributed by atoms with E-state index < -0.39 is 0 Å². The molecule has 0 bridgehead atoms. The zero-order valence-corrected chi connectivity index (χ0v) is 16.9. The number of nitrogens with one attached hydrogen (secondary N) is 2. The highest BCUT2D eigenvalue weighted by atomic mass is 16.1. The molecule has 0 aliphatic heterocycles. The van der Waals surface area contributed by atoms with Gasteiger partial charge in [-0.05, 0) is 36.5 Å². The van der Waals surface area contributed by atoms with E-state index in [1.165, 1.54) is 18.9 Å². The lowest BCUT2D eigenvalue weighted by Crippen LogP contribution is -2.31. The lowest BCUT2D eigenvalue weighted by atomic mass is 9.99. The quantitative estimate of drug-likeness (QED) is 0.629. The number of carbonyl (C=O) groups excluding carboxylic acids is 1. The second-order valence-electron chi connectivity index (χ2n) is 7.89. The van der Waals surface area contributed by atoms with Crippen molar-refractivity contribution < 1.29 is 4.79 Å². The number of nitrogens with zero attached hydrogens (tertiary/aromatic N) is 2. The van der Waals surface area contributed by atoms with Crippen LogP contribution in [0.4, 0.5) is 0 Å². The summed E-state index contributed by atoms with van der Waals surface area (Å²) in [5, 5.41) is 3.18. The van der Waals surface area contributed by atoms with E-state index in [0.717, 1.165) is 18.4 Å². The summed E-state index contributed by atoms with van der Waals surface area (Å²) in [6, 6.07) is 16.6. The third-order valence-corrected chi connectivity index (χ3v) is 5.60. The maximum atomic E-state index is 12.7. The van der Waals surface area contributed by atoms with Crippen LogP contribution in [-0.2, 0) is 11.2 Å². The van der Waals surface area contributed by atoms with E-state index in [-0.39, 0.29) is 17.5 Å². The predicted octanol–water partition coefficient (Wildman–Crippen LogP) is 3.81. The van der Waals surface area contributed by atoms with Crippen molar-refractivity contribution >= 4 is 5.91 Å². The van der Waals surface area contributed by atoms with Gasteiger partial charge in [0.1, 0.15) is 5.69 Å². The minimum absolute atomic E-state index is 0.0607. The van der Waals surface area contributed by atoms with E-state index in [1.807, 2.05) is 42.5 Å². The lowest BCUT2D eigenvalue weighted by Gasteiger charge is -2.20. The molecule has 0 unspecified atom stereocenters. The Morgan fingerprint density at radius 3 is 2.60 bits per heavy atom. The molecule has 4 rings (SSSR count). The summed E-state index contributed by atoms with van der Waals surface area (Å²) in [4.78, 5) is 36.6. The van der Waals surface area contributed by atoms with Crippen LogP contribution in [0.1, 0.15) is 49.4 Å². The number of rotatable bonds is 7. The van der Waals surface area contributed by atoms with Crippen molar-refractivity contribution in [3.63, 3.8) is 0 Å². The summed E-state index contributed by atoms with van der Waals surface area (Å²) < 4.78 is 0. The molecule has 1 amide bonds. The average Bonchev–Trinajstić information content (AvgIpc) is 3.27. The fourth-order valence-electron chi connectivity index (χ4n) is 4.11. The second-order valence-corrected chi connectivity index (χ2v) is 7.89. The Labute approximate surface area is 175 Å². The zero-order chi connectivity index (χ0) is 20.8. The topological polar surface area (TPSA) is 87.7 Å². The Kier molecular flexibility index (Phi) is 6.32. The van der Waals surface area contributed by atoms with E-state index in [1.54, 1.807) is 12.3 Å². The van der Waals surface area contributed by atoms with Crippen LogP contribution in [0.25, 0.3) is 11.5 Å². The minimum Gasteiger partial charge on any atom is -0.349 e. The molecule has 2 aromatic heterocycles. The number of benzene rings is 1. The Balaban J connectivity index is 1.56. The normalized spacial score (nSPS) is 15.1. The summed E-state index contributed by atoms with van der Waals surface area (Å²) in [6.07, 6.45) is 7.35. The molecule has 6 nitrogen and oxygen atoms in total. The van der Waals surface area contributed by atoms with Gasteiger partial charge in [-0.3, -0.25) is 14.6 Å². The van der Waals surface area contributed by atoms with Crippen LogP contribution < -0.4 is 10.9 Å². The fourth-order valence-corrected chi connectivity index (χ4v) is 4.11. The standard InChI is InChI=1S/C24H26N4O2/c29-22(14-17-8-4-5-9-17)27-21(18-10-2-1-3-11-18)15-19-16-23(30)28-24(26-19)20-12-6-7-13-25-20/h1-3,6-7,10-13,16-17,21H,4-5,8-9,14-15H2,(H,27,29)(H,26,28,30)/t21-/m0/s1. The van der Waals surface area contributed by atoms with Crippen LogP contribution in [0.3, 0.4) is 0 Å². The molecule has 1 saturated carbocycles. The van der Waals surface area contributed by atoms with Gasteiger partial charge in [0, 0.05) is 25.1 Å². The molecule has 2 N–H and O–H groups in total. The second kappa shape index (κ2) is 9.48. The molecular formula is C24H26N4O2. The van der Waals surface area contributed by atoms with Crippen molar-refractivity contribution in [3.05, 3.63) is 82.4 Å². The molecule has 3 aromatic rings. The first-order chi connectivity index (χ1) is 14.7. The minimum atomic E-state index is -0.244. The summed E-state index contributed by atoms with van der Waals surface area (Å²) in [6.45, 7) is 0. The zero-order valence-electron chi connectivity index (χ0n) is 16.9. The van der Waals surface area contributed by atoms with Crippen molar-refractivity contribution in [1.29, 1.82) is 0 Å². The van der Waals surface area contributed by atoms with Crippen LogP contribution >= 0.6 is 0 Å². The van der Waals surface area contributed by atoms with Gasteiger partial charge in [0.25, 0.3) is 5.56 Å². The van der Waals surface area contributed by atoms with Crippen molar-refractivity contribution in [2.45, 2.75) is 44.6 Å². The van der Waals surface area contributed by atoms with E-state index in [4.69, 9.17) is 0 Å². The fraction of sp³-hybridized carbons (Fsp3) is 0.333. The number of hydrogen-bond donors (Lipinski definition) is 2. The molecule has 1 aliphatic rings. The number of carbonyl (C=O) groups is 1. The van der Waals surface area contributed by atoms with Crippen LogP contribution in [0, 0.1) is 5.92 Å². The summed E-state index contributed by atoms with van der Waals surface area (Å²) in [7, 11) is 0. The first-order valence-electron chi connectivity index (χ1n) is 10.5. The molecule has 0 saturated heterocycles. The van der Waals surface area contributed by atoms with Crippen molar-refractivity contribution in [2.75, 3.05) is 0 Å². The smallest absolute Gasteiger partial charge is 0.251 e. The molecule has 0 radical (unpaired) electrons. The number of H-pyrrole nitrogens is 1. The SMILES string of the molecule is O=C(CC1CCCC1)N[C@@H](Cc1cc(=O)[nH]c(-c2ccccn2)n1)c1ccccc1. The van der Waals surface area contributed by atoms with Gasteiger partial charge in [-0.2, -0.15) is 0 Å². The Hall–Kier alpha value is -3.28. The average molecular weight is 402 g/mol. The monoisotopic (exact) mass is 402 g/mol. The lowest BCUT2D eigenvalue weighted by molar-refractivity contribution is -0.122. The Morgan fingerprint density at radius 2 is 1.87 bits per heavy atom. The molecule has 1 aliphatic carbocycles. The van der Waals surface area contributed by atoms with Gasteiger partial charge in [-0.25, -0.2) is 4.98 Å². The number of aromatic nitrogens is 3. The van der Waals surface area contributed by atoms with Crippen molar-refractivity contribution in [3.8, 4) is 11.5 Å². The summed E-state index contributed by atoms with van der Waals surface area (Å²) in [5.41, 5.74) is 2.00. The highest BCUT2D eigenvalue weighted by molar-refractivity contribution is 5.76. The van der Waals surface area contributed by atoms with E-state index in [2.05, 4.69) is 20.3 Å². The van der Waals surface area contributed by atoms with Crippen LogP contribution in [-0.4, -0.2) is 20.9 Å². The molecule has 30 heavy (non-hydrogen) atoms. The van der Waals surface area contributed by atoms with E-state index in [9.17, 15) is 9.59 Å². The first-order valence-corrected chi connectivity index (χ1v) is 10.5. The first kappa shape index (κ1) is 20.0. The van der Waals surface area contributed by atoms with E-state index >= 15 is 0 Å². The summed E-state index contributed by atoms with van der Waals surface area (Å²) >= 11 is 0. The molecule has 0 spiro atoms. The maximum Gasteiger partial charge on any atom is 0.251 e. The van der Waals surface area contributed by atoms with Gasteiger partial charge < -0.3 is 10.3 Å². The third-order valence-electron chi connectivity index (χ3n) is 5.60. The highest BCUT2D eigenvalue weighted by Gasteiger charge is 2.22. The molecule has 154 valence electrons. The van der Waals surface area contributed by atoms with Crippen molar-refractivity contribution in [2.24, 2.45) is 5.92 Å². The molecule has 2 heterocycles. The van der Waals surface area contributed by atoms with Crippen molar-refractivity contribution in [1.82, 2.24) is 20.3 Å². The number of pyridine rings is 1. The Bertz CT molecular complexity index is 1030. The molecule has 1 aromatic carbocycles. The number of amides is 1.